The average Bonchev–Trinajstić information content (AvgIpc) is 2.73. The molecule has 1 N–H and O–H groups in total. The second-order valence-corrected chi connectivity index (χ2v) is 7.18. The molecule has 0 saturated carbocycles. The van der Waals surface area contributed by atoms with Gasteiger partial charge in [0.05, 0.1) is 13.2 Å². The van der Waals surface area contributed by atoms with Gasteiger partial charge in [-0.1, -0.05) is 19.1 Å². The predicted molar refractivity (Wildman–Crippen MR) is 109 cm³/mol. The smallest absolute Gasteiger partial charge is 0.119 e. The molecule has 6 heteroatoms. The molecule has 28 heavy (non-hydrogen) atoms. The van der Waals surface area contributed by atoms with Crippen molar-refractivity contribution in [2.45, 2.75) is 26.1 Å². The highest BCUT2D eigenvalue weighted by Crippen LogP contribution is 2.16. The largest absolute Gasteiger partial charge is 0.491 e. The average molecular weight is 386 g/mol. The van der Waals surface area contributed by atoms with Crippen molar-refractivity contribution in [1.82, 2.24) is 14.8 Å². The summed E-state index contributed by atoms with van der Waals surface area (Å²) in [4.78, 5) is 8.67. The van der Waals surface area contributed by atoms with Gasteiger partial charge < -0.3 is 14.6 Å². The fourth-order valence-electron chi connectivity index (χ4n) is 3.34. The Morgan fingerprint density at radius 3 is 2.64 bits per heavy atom. The maximum atomic E-state index is 10.3. The molecule has 1 aromatic carbocycles. The number of pyridine rings is 1. The second kappa shape index (κ2) is 11.1. The number of hydrogen-bond acceptors (Lipinski definition) is 6. The van der Waals surface area contributed by atoms with Gasteiger partial charge in [-0.25, -0.2) is 0 Å². The third-order valence-corrected chi connectivity index (χ3v) is 4.92. The van der Waals surface area contributed by atoms with E-state index in [2.05, 4.69) is 46.0 Å². The number of hydrogen-bond donors (Lipinski definition) is 1. The quantitative estimate of drug-likeness (QED) is 0.677. The normalized spacial score (nSPS) is 16.2. The van der Waals surface area contributed by atoms with Crippen LogP contribution in [0.3, 0.4) is 0 Å². The SMILES string of the molecule is CCN(Cc1ccncc1)Cc1cccc(OCC(O)CN2CCOCC2)c1. The number of aromatic nitrogens is 1. The van der Waals surface area contributed by atoms with E-state index in [1.165, 1.54) is 11.1 Å². The van der Waals surface area contributed by atoms with Crippen LogP contribution in [0.25, 0.3) is 0 Å². The zero-order chi connectivity index (χ0) is 19.6. The van der Waals surface area contributed by atoms with Crippen molar-refractivity contribution in [2.75, 3.05) is 46.0 Å². The van der Waals surface area contributed by atoms with E-state index < -0.39 is 6.10 Å². The Bertz CT molecular complexity index is 692. The molecule has 0 amide bonds. The maximum absolute atomic E-state index is 10.3. The van der Waals surface area contributed by atoms with Crippen LogP contribution in [0.1, 0.15) is 18.1 Å². The summed E-state index contributed by atoms with van der Waals surface area (Å²) < 4.78 is 11.2. The summed E-state index contributed by atoms with van der Waals surface area (Å²) in [5.41, 5.74) is 2.46. The minimum Gasteiger partial charge on any atom is -0.491 e. The van der Waals surface area contributed by atoms with Gasteiger partial charge >= 0.3 is 0 Å². The van der Waals surface area contributed by atoms with Crippen molar-refractivity contribution in [3.63, 3.8) is 0 Å². The fourth-order valence-corrected chi connectivity index (χ4v) is 3.34. The van der Waals surface area contributed by atoms with Crippen molar-refractivity contribution in [3.05, 3.63) is 59.9 Å². The van der Waals surface area contributed by atoms with Gasteiger partial charge in [0.15, 0.2) is 0 Å². The van der Waals surface area contributed by atoms with Gasteiger partial charge in [-0.05, 0) is 41.9 Å². The van der Waals surface area contributed by atoms with Gasteiger partial charge in [0, 0.05) is 45.1 Å². The molecule has 1 unspecified atom stereocenters. The fraction of sp³-hybridized carbons (Fsp3) is 0.500. The summed E-state index contributed by atoms with van der Waals surface area (Å²) in [5, 5.41) is 10.3. The molecular formula is C22H31N3O3. The van der Waals surface area contributed by atoms with E-state index in [4.69, 9.17) is 9.47 Å². The molecule has 1 fully saturated rings. The van der Waals surface area contributed by atoms with Crippen molar-refractivity contribution >= 4 is 0 Å². The second-order valence-electron chi connectivity index (χ2n) is 7.18. The van der Waals surface area contributed by atoms with Gasteiger partial charge in [-0.2, -0.15) is 0 Å². The standard InChI is InChI=1S/C22H31N3O3/c1-2-24(15-19-6-8-23-9-7-19)16-20-4-3-5-22(14-20)28-18-21(26)17-25-10-12-27-13-11-25/h3-9,14,21,26H,2,10-13,15-18H2,1H3. The molecule has 6 nitrogen and oxygen atoms in total. The van der Waals surface area contributed by atoms with Crippen LogP contribution in [0.4, 0.5) is 0 Å². The van der Waals surface area contributed by atoms with Crippen molar-refractivity contribution < 1.29 is 14.6 Å². The van der Waals surface area contributed by atoms with Crippen LogP contribution < -0.4 is 4.74 Å². The van der Waals surface area contributed by atoms with E-state index in [9.17, 15) is 5.11 Å². The third-order valence-electron chi connectivity index (χ3n) is 4.92. The number of morpholine rings is 1. The lowest BCUT2D eigenvalue weighted by Crippen LogP contribution is -2.42. The highest BCUT2D eigenvalue weighted by Gasteiger charge is 2.15. The zero-order valence-electron chi connectivity index (χ0n) is 16.7. The Morgan fingerprint density at radius 2 is 1.89 bits per heavy atom. The lowest BCUT2D eigenvalue weighted by molar-refractivity contribution is 0.00464. The molecule has 2 heterocycles. The number of aliphatic hydroxyl groups is 1. The highest BCUT2D eigenvalue weighted by molar-refractivity contribution is 5.28. The van der Waals surface area contributed by atoms with E-state index in [1.54, 1.807) is 0 Å². The number of β-amino-alcohol motifs (C(OH)–C–C–N with tert-alkyl or cyclic N) is 1. The van der Waals surface area contributed by atoms with Crippen LogP contribution in [0.2, 0.25) is 0 Å². The van der Waals surface area contributed by atoms with Gasteiger partial charge in [-0.15, -0.1) is 0 Å². The summed E-state index contributed by atoms with van der Waals surface area (Å²) in [6.07, 6.45) is 3.17. The van der Waals surface area contributed by atoms with Crippen LogP contribution in [-0.2, 0) is 17.8 Å². The molecule has 152 valence electrons. The molecule has 2 aromatic rings. The van der Waals surface area contributed by atoms with E-state index in [0.717, 1.165) is 51.7 Å². The first-order valence-corrected chi connectivity index (χ1v) is 10.0. The van der Waals surface area contributed by atoms with Crippen LogP contribution in [0.5, 0.6) is 5.75 Å². The molecule has 3 rings (SSSR count). The van der Waals surface area contributed by atoms with Gasteiger partial charge in [0.25, 0.3) is 0 Å². The number of nitrogens with zero attached hydrogens (tertiary/aromatic N) is 3. The van der Waals surface area contributed by atoms with Crippen LogP contribution in [0, 0.1) is 0 Å². The molecule has 1 aliphatic rings. The van der Waals surface area contributed by atoms with E-state index in [1.807, 2.05) is 24.5 Å². The number of aliphatic hydroxyl groups excluding tert-OH is 1. The molecule has 0 radical (unpaired) electrons. The highest BCUT2D eigenvalue weighted by atomic mass is 16.5. The molecular weight excluding hydrogens is 354 g/mol. The Balaban J connectivity index is 1.48. The Labute approximate surface area is 167 Å². The van der Waals surface area contributed by atoms with Crippen LogP contribution >= 0.6 is 0 Å². The number of benzene rings is 1. The molecule has 1 saturated heterocycles. The van der Waals surface area contributed by atoms with Gasteiger partial charge in [0.2, 0.25) is 0 Å². The summed E-state index contributed by atoms with van der Waals surface area (Å²) in [7, 11) is 0. The van der Waals surface area contributed by atoms with Crippen LogP contribution in [0.15, 0.2) is 48.8 Å². The summed E-state index contributed by atoms with van der Waals surface area (Å²) in [5.74, 6) is 0.804. The minimum absolute atomic E-state index is 0.301. The molecule has 1 aromatic heterocycles. The van der Waals surface area contributed by atoms with Gasteiger partial charge in [-0.3, -0.25) is 14.8 Å². The number of rotatable bonds is 10. The molecule has 1 atom stereocenters. The van der Waals surface area contributed by atoms with Crippen molar-refractivity contribution in [1.29, 1.82) is 0 Å². The van der Waals surface area contributed by atoms with E-state index in [-0.39, 0.29) is 0 Å². The third kappa shape index (κ3) is 6.87. The molecule has 0 spiro atoms. The molecule has 1 aliphatic heterocycles. The monoisotopic (exact) mass is 385 g/mol. The summed E-state index contributed by atoms with van der Waals surface area (Å²) >= 11 is 0. The van der Waals surface area contributed by atoms with E-state index >= 15 is 0 Å². The topological polar surface area (TPSA) is 58.1 Å². The Morgan fingerprint density at radius 1 is 1.14 bits per heavy atom. The first kappa shape index (κ1) is 20.7. The van der Waals surface area contributed by atoms with Crippen LogP contribution in [-0.4, -0.2) is 72.0 Å². The zero-order valence-corrected chi connectivity index (χ0v) is 16.7. The van der Waals surface area contributed by atoms with E-state index in [0.29, 0.717) is 13.2 Å². The minimum atomic E-state index is -0.499. The van der Waals surface area contributed by atoms with Crippen molar-refractivity contribution in [3.8, 4) is 5.75 Å². The molecule has 0 bridgehead atoms. The predicted octanol–water partition coefficient (Wildman–Crippen LogP) is 2.18. The lowest BCUT2D eigenvalue weighted by atomic mass is 10.2. The Hall–Kier alpha value is -1.99. The first-order chi connectivity index (χ1) is 13.7. The first-order valence-electron chi connectivity index (χ1n) is 10.0. The van der Waals surface area contributed by atoms with Crippen molar-refractivity contribution in [2.24, 2.45) is 0 Å². The molecule has 0 aliphatic carbocycles. The number of ether oxygens (including phenoxy) is 2. The summed E-state index contributed by atoms with van der Waals surface area (Å²) in [6.45, 7) is 9.03. The van der Waals surface area contributed by atoms with Gasteiger partial charge in [0.1, 0.15) is 18.5 Å². The lowest BCUT2D eigenvalue weighted by Gasteiger charge is -2.28. The summed E-state index contributed by atoms with van der Waals surface area (Å²) in [6, 6.07) is 12.3. The Kier molecular flexibility index (Phi) is 8.23. The maximum Gasteiger partial charge on any atom is 0.119 e.